The van der Waals surface area contributed by atoms with Gasteiger partial charge >= 0.3 is 0 Å². The monoisotopic (exact) mass is 291 g/mol. The first-order valence-electron chi connectivity index (χ1n) is 8.03. The molecule has 2 heteroatoms. The maximum absolute atomic E-state index is 10.3. The summed E-state index contributed by atoms with van der Waals surface area (Å²) in [7, 11) is 0. The van der Waals surface area contributed by atoms with Gasteiger partial charge in [0.15, 0.2) is 0 Å². The lowest BCUT2D eigenvalue weighted by Crippen LogP contribution is -2.44. The van der Waals surface area contributed by atoms with Gasteiger partial charge in [0.1, 0.15) is 0 Å². The van der Waals surface area contributed by atoms with Crippen LogP contribution in [-0.4, -0.2) is 17.2 Å². The Morgan fingerprint density at radius 2 is 1.43 bits per heavy atom. The molecule has 0 aliphatic rings. The quantitative estimate of drug-likeness (QED) is 0.799. The van der Waals surface area contributed by atoms with Crippen LogP contribution in [0.2, 0.25) is 0 Å². The lowest BCUT2D eigenvalue weighted by atomic mass is 9.81. The fourth-order valence-electron chi connectivity index (χ4n) is 2.98. The Morgan fingerprint density at radius 3 is 1.86 bits per heavy atom. The van der Waals surface area contributed by atoms with Crippen molar-refractivity contribution in [1.29, 1.82) is 0 Å². The Kier molecular flexibility index (Phi) is 6.01. The van der Waals surface area contributed by atoms with Crippen molar-refractivity contribution < 1.29 is 5.11 Å². The van der Waals surface area contributed by atoms with Crippen molar-refractivity contribution in [3.05, 3.63) is 35.4 Å². The largest absolute Gasteiger partial charge is 0.387 e. The Labute approximate surface area is 131 Å². The van der Waals surface area contributed by atoms with E-state index in [4.69, 9.17) is 0 Å². The molecular formula is C19H33NO. The maximum atomic E-state index is 10.3. The van der Waals surface area contributed by atoms with Crippen LogP contribution >= 0.6 is 0 Å². The fourth-order valence-corrected chi connectivity index (χ4v) is 2.98. The van der Waals surface area contributed by atoms with Gasteiger partial charge in [-0.1, -0.05) is 58.9 Å². The van der Waals surface area contributed by atoms with E-state index in [1.54, 1.807) is 0 Å². The number of rotatable bonds is 6. The highest BCUT2D eigenvalue weighted by Gasteiger charge is 2.25. The van der Waals surface area contributed by atoms with Crippen molar-refractivity contribution in [3.8, 4) is 0 Å². The van der Waals surface area contributed by atoms with Gasteiger partial charge in [-0.15, -0.1) is 0 Å². The lowest BCUT2D eigenvalue weighted by molar-refractivity contribution is 0.148. The predicted molar refractivity (Wildman–Crippen MR) is 91.6 cm³/mol. The summed E-state index contributed by atoms with van der Waals surface area (Å²) in [6.45, 7) is 16.1. The van der Waals surface area contributed by atoms with E-state index in [1.807, 2.05) is 12.1 Å². The summed E-state index contributed by atoms with van der Waals surface area (Å²) in [5, 5.41) is 13.9. The summed E-state index contributed by atoms with van der Waals surface area (Å²) in [6, 6.07) is 8.31. The molecule has 0 radical (unpaired) electrons. The number of β-amino-alcohol motifs (C(OH)–C–C–N with tert-alkyl or cyclic N) is 1. The van der Waals surface area contributed by atoms with Gasteiger partial charge in [-0.3, -0.25) is 0 Å². The Morgan fingerprint density at radius 1 is 0.952 bits per heavy atom. The summed E-state index contributed by atoms with van der Waals surface area (Å²) in [5.74, 6) is 0.528. The lowest BCUT2D eigenvalue weighted by Gasteiger charge is -2.34. The van der Waals surface area contributed by atoms with E-state index >= 15 is 0 Å². The Hall–Kier alpha value is -0.860. The van der Waals surface area contributed by atoms with E-state index in [0.717, 1.165) is 12.0 Å². The van der Waals surface area contributed by atoms with Gasteiger partial charge in [-0.2, -0.15) is 0 Å². The van der Waals surface area contributed by atoms with Crippen molar-refractivity contribution in [1.82, 2.24) is 5.32 Å². The second-order valence-corrected chi connectivity index (χ2v) is 8.34. The first-order valence-corrected chi connectivity index (χ1v) is 8.03. The second-order valence-electron chi connectivity index (χ2n) is 8.34. The van der Waals surface area contributed by atoms with Crippen molar-refractivity contribution in [2.24, 2.45) is 5.41 Å². The van der Waals surface area contributed by atoms with Crippen LogP contribution in [0.15, 0.2) is 24.3 Å². The highest BCUT2D eigenvalue weighted by molar-refractivity contribution is 5.26. The molecule has 0 aliphatic carbocycles. The van der Waals surface area contributed by atoms with E-state index < -0.39 is 6.10 Å². The third kappa shape index (κ3) is 6.62. The van der Waals surface area contributed by atoms with Gasteiger partial charge in [0.25, 0.3) is 0 Å². The molecule has 1 aromatic rings. The van der Waals surface area contributed by atoms with Gasteiger partial charge in [0.05, 0.1) is 6.10 Å². The summed E-state index contributed by atoms with van der Waals surface area (Å²) in [5.41, 5.74) is 2.60. The molecule has 1 aromatic carbocycles. The van der Waals surface area contributed by atoms with Crippen molar-refractivity contribution in [3.63, 3.8) is 0 Å². The van der Waals surface area contributed by atoms with E-state index in [9.17, 15) is 5.11 Å². The number of benzene rings is 1. The number of nitrogens with one attached hydrogen (secondary N) is 1. The number of aliphatic hydroxyl groups is 1. The minimum atomic E-state index is -0.453. The van der Waals surface area contributed by atoms with Crippen LogP contribution in [-0.2, 0) is 0 Å². The Balaban J connectivity index is 2.59. The average molecular weight is 291 g/mol. The average Bonchev–Trinajstić information content (AvgIpc) is 2.33. The molecule has 0 spiro atoms. The molecule has 2 nitrogen and oxygen atoms in total. The zero-order valence-electron chi connectivity index (χ0n) is 14.8. The number of hydrogen-bond acceptors (Lipinski definition) is 2. The topological polar surface area (TPSA) is 32.3 Å². The van der Waals surface area contributed by atoms with Gasteiger partial charge in [-0.25, -0.2) is 0 Å². The smallest absolute Gasteiger partial charge is 0.0914 e. The minimum Gasteiger partial charge on any atom is -0.387 e. The number of aliphatic hydroxyl groups excluding tert-OH is 1. The molecule has 1 rings (SSSR count). The molecule has 0 bridgehead atoms. The highest BCUT2D eigenvalue weighted by atomic mass is 16.3. The summed E-state index contributed by atoms with van der Waals surface area (Å²) in [4.78, 5) is 0. The molecule has 0 aromatic heterocycles. The van der Waals surface area contributed by atoms with E-state index in [-0.39, 0.29) is 11.0 Å². The molecule has 0 fully saturated rings. The normalized spacial score (nSPS) is 14.5. The zero-order valence-corrected chi connectivity index (χ0v) is 14.8. The van der Waals surface area contributed by atoms with Crippen LogP contribution in [0.3, 0.4) is 0 Å². The van der Waals surface area contributed by atoms with Crippen LogP contribution in [0.1, 0.15) is 78.0 Å². The van der Waals surface area contributed by atoms with Crippen LogP contribution in [0.25, 0.3) is 0 Å². The molecule has 120 valence electrons. The second kappa shape index (κ2) is 6.93. The molecule has 0 aliphatic heterocycles. The van der Waals surface area contributed by atoms with Gasteiger partial charge in [-0.05, 0) is 42.7 Å². The standard InChI is InChI=1S/C19H33NO/c1-14(2)15-8-10-16(11-9-15)17(21)12-20-19(6,7)13-18(3,4)5/h8-11,14,17,20-21H,12-13H2,1-7H3. The fraction of sp³-hybridized carbons (Fsp3) is 0.684. The highest BCUT2D eigenvalue weighted by Crippen LogP contribution is 2.27. The zero-order chi connectivity index (χ0) is 16.3. The van der Waals surface area contributed by atoms with Crippen molar-refractivity contribution >= 4 is 0 Å². The molecule has 2 N–H and O–H groups in total. The molecule has 1 unspecified atom stereocenters. The van der Waals surface area contributed by atoms with Crippen molar-refractivity contribution in [2.45, 2.75) is 72.4 Å². The first kappa shape index (κ1) is 18.2. The van der Waals surface area contributed by atoms with Crippen molar-refractivity contribution in [2.75, 3.05) is 6.54 Å². The molecule has 21 heavy (non-hydrogen) atoms. The summed E-state index contributed by atoms with van der Waals surface area (Å²) < 4.78 is 0. The molecule has 0 saturated heterocycles. The van der Waals surface area contributed by atoms with Crippen LogP contribution in [0, 0.1) is 5.41 Å². The third-order valence-corrected chi connectivity index (χ3v) is 3.73. The van der Waals surface area contributed by atoms with Crippen LogP contribution in [0.4, 0.5) is 0 Å². The van der Waals surface area contributed by atoms with Gasteiger partial charge in [0.2, 0.25) is 0 Å². The van der Waals surface area contributed by atoms with E-state index in [1.165, 1.54) is 5.56 Å². The van der Waals surface area contributed by atoms with Crippen LogP contribution < -0.4 is 5.32 Å². The van der Waals surface area contributed by atoms with E-state index in [0.29, 0.717) is 12.5 Å². The first-order chi connectivity index (χ1) is 9.50. The third-order valence-electron chi connectivity index (χ3n) is 3.73. The summed E-state index contributed by atoms with van der Waals surface area (Å²) >= 11 is 0. The van der Waals surface area contributed by atoms with Gasteiger partial charge in [0, 0.05) is 12.1 Å². The van der Waals surface area contributed by atoms with Gasteiger partial charge < -0.3 is 10.4 Å². The van der Waals surface area contributed by atoms with E-state index in [2.05, 4.69) is 65.9 Å². The SMILES string of the molecule is CC(C)c1ccc(C(O)CNC(C)(C)CC(C)(C)C)cc1. The minimum absolute atomic E-state index is 0.0249. The summed E-state index contributed by atoms with van der Waals surface area (Å²) in [6.07, 6.45) is 0.615. The molecule has 0 amide bonds. The maximum Gasteiger partial charge on any atom is 0.0914 e. The molecule has 0 saturated carbocycles. The molecule has 0 heterocycles. The number of hydrogen-bond donors (Lipinski definition) is 2. The Bertz CT molecular complexity index is 426. The van der Waals surface area contributed by atoms with Crippen LogP contribution in [0.5, 0.6) is 0 Å². The molecular weight excluding hydrogens is 258 g/mol. The predicted octanol–water partition coefficient (Wildman–Crippen LogP) is 4.65. The molecule has 1 atom stereocenters.